The molecule has 0 bridgehead atoms. The molecule has 0 saturated carbocycles. The van der Waals surface area contributed by atoms with Gasteiger partial charge in [0.25, 0.3) is 0 Å². The smallest absolute Gasteiger partial charge is 0.335 e. The van der Waals surface area contributed by atoms with E-state index >= 15 is 0 Å². The fraction of sp³-hybridized carbons (Fsp3) is 0.333. The highest BCUT2D eigenvalue weighted by atomic mass is 19.1. The van der Waals surface area contributed by atoms with Gasteiger partial charge >= 0.3 is 12.0 Å². The lowest BCUT2D eigenvalue weighted by atomic mass is 10.2. The number of hydrogen-bond donors (Lipinski definition) is 4. The van der Waals surface area contributed by atoms with E-state index in [1.165, 1.54) is 12.1 Å². The van der Waals surface area contributed by atoms with Crippen LogP contribution in [0.1, 0.15) is 16.8 Å². The van der Waals surface area contributed by atoms with Crippen molar-refractivity contribution in [3.8, 4) is 0 Å². The molecule has 0 unspecified atom stereocenters. The van der Waals surface area contributed by atoms with Crippen LogP contribution in [-0.2, 0) is 0 Å². The van der Waals surface area contributed by atoms with Gasteiger partial charge in [0.15, 0.2) is 0 Å². The van der Waals surface area contributed by atoms with Gasteiger partial charge in [0.1, 0.15) is 5.82 Å². The monoisotopic (exact) mass is 269 g/mol. The van der Waals surface area contributed by atoms with Crippen LogP contribution in [0.25, 0.3) is 0 Å². The van der Waals surface area contributed by atoms with E-state index in [2.05, 4.69) is 16.0 Å². The third-order valence-electron chi connectivity index (χ3n) is 2.35. The maximum absolute atomic E-state index is 13.5. The van der Waals surface area contributed by atoms with Crippen molar-refractivity contribution < 1.29 is 19.1 Å². The molecule has 0 aliphatic rings. The fourth-order valence-corrected chi connectivity index (χ4v) is 1.38. The van der Waals surface area contributed by atoms with E-state index < -0.39 is 17.8 Å². The molecule has 1 aromatic carbocycles. The molecule has 0 heterocycles. The van der Waals surface area contributed by atoms with Crippen molar-refractivity contribution in [2.24, 2.45) is 0 Å². The first kappa shape index (κ1) is 14.9. The number of urea groups is 1. The van der Waals surface area contributed by atoms with Crippen LogP contribution in [0.2, 0.25) is 0 Å². The lowest BCUT2D eigenvalue weighted by Crippen LogP contribution is -2.31. The van der Waals surface area contributed by atoms with Gasteiger partial charge in [-0.2, -0.15) is 0 Å². The molecule has 0 spiro atoms. The summed E-state index contributed by atoms with van der Waals surface area (Å²) in [5, 5.41) is 16.5. The van der Waals surface area contributed by atoms with Crippen LogP contribution in [0.4, 0.5) is 14.9 Å². The maximum Gasteiger partial charge on any atom is 0.335 e. The largest absolute Gasteiger partial charge is 0.478 e. The number of carboxylic acids is 1. The Morgan fingerprint density at radius 2 is 2.05 bits per heavy atom. The Morgan fingerprint density at radius 1 is 1.32 bits per heavy atom. The number of aromatic carboxylic acids is 1. The van der Waals surface area contributed by atoms with E-state index in [-0.39, 0.29) is 11.3 Å². The van der Waals surface area contributed by atoms with Crippen molar-refractivity contribution in [1.29, 1.82) is 0 Å². The first-order valence-electron chi connectivity index (χ1n) is 5.77. The number of amides is 2. The second-order valence-corrected chi connectivity index (χ2v) is 3.84. The molecule has 7 heteroatoms. The summed E-state index contributed by atoms with van der Waals surface area (Å²) in [6, 6.07) is 2.77. The van der Waals surface area contributed by atoms with Gasteiger partial charge in [-0.1, -0.05) is 0 Å². The van der Waals surface area contributed by atoms with Crippen LogP contribution in [-0.4, -0.2) is 37.2 Å². The molecule has 0 aliphatic carbocycles. The van der Waals surface area contributed by atoms with Gasteiger partial charge in [-0.15, -0.1) is 0 Å². The van der Waals surface area contributed by atoms with Gasteiger partial charge in [0, 0.05) is 6.54 Å². The number of carbonyl (C=O) groups excluding carboxylic acids is 1. The van der Waals surface area contributed by atoms with Crippen LogP contribution in [0.5, 0.6) is 0 Å². The van der Waals surface area contributed by atoms with E-state index in [1.54, 1.807) is 7.05 Å². The van der Waals surface area contributed by atoms with Gasteiger partial charge in [0.05, 0.1) is 11.3 Å². The number of nitrogens with one attached hydrogen (secondary N) is 3. The topological polar surface area (TPSA) is 90.5 Å². The van der Waals surface area contributed by atoms with Gasteiger partial charge in [0.2, 0.25) is 0 Å². The number of carboxylic acid groups (broad SMARTS) is 1. The lowest BCUT2D eigenvalue weighted by Gasteiger charge is -2.08. The fourth-order valence-electron chi connectivity index (χ4n) is 1.38. The summed E-state index contributed by atoms with van der Waals surface area (Å²) >= 11 is 0. The summed E-state index contributed by atoms with van der Waals surface area (Å²) < 4.78 is 13.5. The van der Waals surface area contributed by atoms with Crippen LogP contribution >= 0.6 is 0 Å². The summed E-state index contributed by atoms with van der Waals surface area (Å²) in [5.74, 6) is -2.01. The molecule has 0 atom stereocenters. The van der Waals surface area contributed by atoms with Crippen molar-refractivity contribution in [2.75, 3.05) is 25.5 Å². The van der Waals surface area contributed by atoms with E-state index in [4.69, 9.17) is 5.11 Å². The van der Waals surface area contributed by atoms with Crippen LogP contribution in [0, 0.1) is 5.82 Å². The summed E-state index contributed by atoms with van der Waals surface area (Å²) in [6.07, 6.45) is 0.754. The number of carbonyl (C=O) groups is 2. The van der Waals surface area contributed by atoms with Gasteiger partial charge in [-0.05, 0) is 38.2 Å². The normalized spacial score (nSPS) is 10.0. The van der Waals surface area contributed by atoms with E-state index in [0.717, 1.165) is 19.0 Å². The van der Waals surface area contributed by atoms with Gasteiger partial charge < -0.3 is 21.1 Å². The second-order valence-electron chi connectivity index (χ2n) is 3.84. The average Bonchev–Trinajstić information content (AvgIpc) is 2.37. The highest BCUT2D eigenvalue weighted by Gasteiger charge is 2.10. The van der Waals surface area contributed by atoms with Crippen molar-refractivity contribution in [2.45, 2.75) is 6.42 Å². The summed E-state index contributed by atoms with van der Waals surface area (Å²) in [6.45, 7) is 1.23. The number of benzene rings is 1. The highest BCUT2D eigenvalue weighted by Crippen LogP contribution is 2.15. The Balaban J connectivity index is 2.52. The molecule has 0 saturated heterocycles. The second kappa shape index (κ2) is 7.32. The third kappa shape index (κ3) is 4.92. The molecule has 0 fully saturated rings. The van der Waals surface area contributed by atoms with E-state index in [0.29, 0.717) is 6.54 Å². The first-order chi connectivity index (χ1) is 9.04. The third-order valence-corrected chi connectivity index (χ3v) is 2.35. The van der Waals surface area contributed by atoms with Crippen LogP contribution < -0.4 is 16.0 Å². The minimum atomic E-state index is -1.22. The molecule has 104 valence electrons. The molecule has 1 aromatic rings. The molecule has 0 radical (unpaired) electrons. The van der Waals surface area contributed by atoms with Gasteiger partial charge in [-0.25, -0.2) is 14.0 Å². The molecule has 6 nitrogen and oxygen atoms in total. The summed E-state index contributed by atoms with van der Waals surface area (Å²) in [4.78, 5) is 22.0. The number of anilines is 1. The molecular weight excluding hydrogens is 253 g/mol. The standard InChI is InChI=1S/C12H16FN3O3/c1-14-5-2-6-15-12(19)16-10-4-3-8(11(17)18)7-9(10)13/h3-4,7,14H,2,5-6H2,1H3,(H,17,18)(H2,15,16,19). The Kier molecular flexibility index (Phi) is 5.74. The lowest BCUT2D eigenvalue weighted by molar-refractivity contribution is 0.0696. The molecule has 0 aliphatic heterocycles. The zero-order chi connectivity index (χ0) is 14.3. The average molecular weight is 269 g/mol. The molecule has 4 N–H and O–H groups in total. The summed E-state index contributed by atoms with van der Waals surface area (Å²) in [5.41, 5.74) is -0.228. The molecule has 0 aromatic heterocycles. The Morgan fingerprint density at radius 3 is 2.63 bits per heavy atom. The SMILES string of the molecule is CNCCCNC(=O)Nc1ccc(C(=O)O)cc1F. The predicted molar refractivity (Wildman–Crippen MR) is 68.9 cm³/mol. The number of rotatable bonds is 6. The highest BCUT2D eigenvalue weighted by molar-refractivity contribution is 5.91. The Labute approximate surface area is 110 Å². The zero-order valence-electron chi connectivity index (χ0n) is 10.5. The molecule has 2 amide bonds. The van der Waals surface area contributed by atoms with Crippen LogP contribution in [0.15, 0.2) is 18.2 Å². The van der Waals surface area contributed by atoms with Crippen LogP contribution in [0.3, 0.4) is 0 Å². The number of halogens is 1. The van der Waals surface area contributed by atoms with E-state index in [1.807, 2.05) is 0 Å². The van der Waals surface area contributed by atoms with Gasteiger partial charge in [-0.3, -0.25) is 0 Å². The predicted octanol–water partition coefficient (Wildman–Crippen LogP) is 1.25. The number of hydrogen-bond acceptors (Lipinski definition) is 3. The molecule has 1 rings (SSSR count). The van der Waals surface area contributed by atoms with Crippen molar-refractivity contribution in [3.05, 3.63) is 29.6 Å². The van der Waals surface area contributed by atoms with Crippen molar-refractivity contribution >= 4 is 17.7 Å². The first-order valence-corrected chi connectivity index (χ1v) is 5.77. The maximum atomic E-state index is 13.5. The van der Waals surface area contributed by atoms with Crippen molar-refractivity contribution in [3.63, 3.8) is 0 Å². The van der Waals surface area contributed by atoms with Crippen molar-refractivity contribution in [1.82, 2.24) is 10.6 Å². The molecule has 19 heavy (non-hydrogen) atoms. The minimum Gasteiger partial charge on any atom is -0.478 e. The Hall–Kier alpha value is -2.15. The van der Waals surface area contributed by atoms with E-state index in [9.17, 15) is 14.0 Å². The zero-order valence-corrected chi connectivity index (χ0v) is 10.5. The Bertz CT molecular complexity index is 466. The minimum absolute atomic E-state index is 0.0592. The summed E-state index contributed by atoms with van der Waals surface area (Å²) in [7, 11) is 1.81. The molecular formula is C12H16FN3O3. The quantitative estimate of drug-likeness (QED) is 0.585.